The maximum Gasteiger partial charge on any atom is 0.418 e. The number of alkyl halides is 6. The van der Waals surface area contributed by atoms with Crippen LogP contribution in [0.3, 0.4) is 0 Å². The minimum atomic E-state index is -4.57. The van der Waals surface area contributed by atoms with Gasteiger partial charge in [0.05, 0.1) is 22.5 Å². The molecule has 24 heavy (non-hydrogen) atoms. The van der Waals surface area contributed by atoms with Gasteiger partial charge < -0.3 is 0 Å². The predicted molar refractivity (Wildman–Crippen MR) is 78.7 cm³/mol. The molecule has 2 rings (SSSR count). The summed E-state index contributed by atoms with van der Waals surface area (Å²) in [5, 5.41) is 3.76. The Balaban J connectivity index is 2.28. The zero-order chi connectivity index (χ0) is 18.0. The molecule has 2 aromatic carbocycles. The second kappa shape index (κ2) is 6.54. The van der Waals surface area contributed by atoms with Crippen LogP contribution in [0.25, 0.3) is 0 Å². The summed E-state index contributed by atoms with van der Waals surface area (Å²) in [6.07, 6.45) is -9.07. The average Bonchev–Trinajstić information content (AvgIpc) is 2.51. The fraction of sp³-hybridized carbons (Fsp3) is 0.188. The Kier molecular flexibility index (Phi) is 4.86. The zero-order valence-corrected chi connectivity index (χ0v) is 12.3. The molecular formula is C16H12F6N2. The highest BCUT2D eigenvalue weighted by Crippen LogP contribution is 2.34. The van der Waals surface area contributed by atoms with E-state index in [4.69, 9.17) is 0 Å². The molecule has 8 heteroatoms. The first-order valence-corrected chi connectivity index (χ1v) is 6.73. The molecule has 128 valence electrons. The van der Waals surface area contributed by atoms with Crippen molar-refractivity contribution in [3.8, 4) is 0 Å². The molecule has 0 atom stereocenters. The number of para-hydroxylation sites is 1. The number of halogens is 6. The van der Waals surface area contributed by atoms with Crippen LogP contribution in [0, 0.1) is 0 Å². The molecule has 0 radical (unpaired) electrons. The van der Waals surface area contributed by atoms with E-state index >= 15 is 0 Å². The maximum atomic E-state index is 12.9. The molecule has 0 fully saturated rings. The smallest absolute Gasteiger partial charge is 0.278 e. The lowest BCUT2D eigenvalue weighted by Crippen LogP contribution is -2.10. The lowest BCUT2D eigenvalue weighted by molar-refractivity contribution is -0.138. The summed E-state index contributed by atoms with van der Waals surface area (Å²) in [4.78, 5) is 0. The third-order valence-corrected chi connectivity index (χ3v) is 3.18. The molecule has 0 heterocycles. The Labute approximate surface area is 133 Å². The minimum absolute atomic E-state index is 0.123. The van der Waals surface area contributed by atoms with Gasteiger partial charge >= 0.3 is 12.4 Å². The van der Waals surface area contributed by atoms with Gasteiger partial charge in [0.1, 0.15) is 0 Å². The molecule has 0 spiro atoms. The van der Waals surface area contributed by atoms with Crippen LogP contribution in [-0.2, 0) is 12.4 Å². The highest BCUT2D eigenvalue weighted by Gasteiger charge is 2.33. The Morgan fingerprint density at radius 2 is 1.54 bits per heavy atom. The molecule has 0 aromatic heterocycles. The largest absolute Gasteiger partial charge is 0.418 e. The van der Waals surface area contributed by atoms with E-state index in [-0.39, 0.29) is 17.0 Å². The Morgan fingerprint density at radius 1 is 0.875 bits per heavy atom. The van der Waals surface area contributed by atoms with Crippen molar-refractivity contribution < 1.29 is 26.3 Å². The van der Waals surface area contributed by atoms with E-state index in [1.807, 2.05) is 0 Å². The molecule has 0 unspecified atom stereocenters. The third-order valence-electron chi connectivity index (χ3n) is 3.18. The molecule has 0 bridgehead atoms. The SMILES string of the molecule is C/C(=N\Nc1ccccc1C(F)(F)F)c1cccc(C(F)(F)F)c1. The van der Waals surface area contributed by atoms with Gasteiger partial charge in [-0.25, -0.2) is 0 Å². The first-order valence-electron chi connectivity index (χ1n) is 6.73. The highest BCUT2D eigenvalue weighted by atomic mass is 19.4. The summed E-state index contributed by atoms with van der Waals surface area (Å²) in [6, 6.07) is 9.10. The minimum Gasteiger partial charge on any atom is -0.278 e. The third kappa shape index (κ3) is 4.27. The van der Waals surface area contributed by atoms with E-state index in [1.165, 1.54) is 37.3 Å². The standard InChI is InChI=1S/C16H12F6N2/c1-10(11-5-4-6-12(9-11)15(17,18)19)23-24-14-8-3-2-7-13(14)16(20,21)22/h2-9,24H,1H3/b23-10+. The van der Waals surface area contributed by atoms with Crippen LogP contribution in [0.5, 0.6) is 0 Å². The molecule has 0 aliphatic carbocycles. The van der Waals surface area contributed by atoms with Gasteiger partial charge in [-0.15, -0.1) is 0 Å². The summed E-state index contributed by atoms with van der Waals surface area (Å²) in [5.74, 6) is 0. The number of anilines is 1. The zero-order valence-electron chi connectivity index (χ0n) is 12.3. The lowest BCUT2D eigenvalue weighted by Gasteiger charge is -2.12. The Bertz CT molecular complexity index is 747. The predicted octanol–water partition coefficient (Wildman–Crippen LogP) is 5.56. The summed E-state index contributed by atoms with van der Waals surface area (Å²) >= 11 is 0. The molecular weight excluding hydrogens is 334 g/mol. The Hall–Kier alpha value is -2.51. The van der Waals surface area contributed by atoms with Gasteiger partial charge in [0.15, 0.2) is 0 Å². The van der Waals surface area contributed by atoms with Crippen LogP contribution in [0.1, 0.15) is 23.6 Å². The van der Waals surface area contributed by atoms with Gasteiger partial charge in [-0.2, -0.15) is 31.4 Å². The number of hydrazone groups is 1. The van der Waals surface area contributed by atoms with Crippen molar-refractivity contribution >= 4 is 11.4 Å². The normalized spacial score (nSPS) is 13.0. The number of nitrogens with zero attached hydrogens (tertiary/aromatic N) is 1. The van der Waals surface area contributed by atoms with Gasteiger partial charge in [-0.1, -0.05) is 24.3 Å². The van der Waals surface area contributed by atoms with Gasteiger partial charge in [0.25, 0.3) is 0 Å². The van der Waals surface area contributed by atoms with Crippen molar-refractivity contribution in [2.45, 2.75) is 19.3 Å². The summed E-state index contributed by atoms with van der Waals surface area (Å²) in [6.45, 7) is 1.40. The van der Waals surface area contributed by atoms with Crippen molar-refractivity contribution in [1.29, 1.82) is 0 Å². The molecule has 0 saturated carbocycles. The molecule has 2 nitrogen and oxygen atoms in total. The van der Waals surface area contributed by atoms with Crippen LogP contribution in [0.15, 0.2) is 53.6 Å². The number of hydrogen-bond donors (Lipinski definition) is 1. The van der Waals surface area contributed by atoms with E-state index in [1.54, 1.807) is 0 Å². The maximum absolute atomic E-state index is 12.9. The van der Waals surface area contributed by atoms with Crippen LogP contribution in [0.2, 0.25) is 0 Å². The number of rotatable bonds is 3. The summed E-state index contributed by atoms with van der Waals surface area (Å²) in [7, 11) is 0. The monoisotopic (exact) mass is 346 g/mol. The molecule has 1 N–H and O–H groups in total. The molecule has 0 saturated heterocycles. The van der Waals surface area contributed by atoms with Crippen LogP contribution in [-0.4, -0.2) is 5.71 Å². The van der Waals surface area contributed by atoms with E-state index in [0.29, 0.717) is 0 Å². The van der Waals surface area contributed by atoms with Gasteiger partial charge in [-0.05, 0) is 36.8 Å². The number of hydrogen-bond acceptors (Lipinski definition) is 2. The Morgan fingerprint density at radius 3 is 2.17 bits per heavy atom. The van der Waals surface area contributed by atoms with E-state index in [2.05, 4.69) is 10.5 Å². The number of nitrogens with one attached hydrogen (secondary N) is 1. The van der Waals surface area contributed by atoms with Crippen LogP contribution >= 0.6 is 0 Å². The van der Waals surface area contributed by atoms with E-state index < -0.39 is 23.5 Å². The van der Waals surface area contributed by atoms with Gasteiger partial charge in [0.2, 0.25) is 0 Å². The van der Waals surface area contributed by atoms with E-state index in [9.17, 15) is 26.3 Å². The van der Waals surface area contributed by atoms with Gasteiger partial charge in [-0.3, -0.25) is 5.43 Å². The lowest BCUT2D eigenvalue weighted by atomic mass is 10.1. The van der Waals surface area contributed by atoms with Crippen molar-refractivity contribution in [3.63, 3.8) is 0 Å². The second-order valence-corrected chi connectivity index (χ2v) is 4.93. The number of benzene rings is 2. The summed E-state index contributed by atoms with van der Waals surface area (Å²) in [5.41, 5.74) is 0.492. The quantitative estimate of drug-likeness (QED) is 0.439. The topological polar surface area (TPSA) is 24.4 Å². The highest BCUT2D eigenvalue weighted by molar-refractivity contribution is 5.99. The second-order valence-electron chi connectivity index (χ2n) is 4.93. The fourth-order valence-corrected chi connectivity index (χ4v) is 1.96. The molecule has 0 amide bonds. The van der Waals surface area contributed by atoms with Crippen molar-refractivity contribution in [2.75, 3.05) is 5.43 Å². The van der Waals surface area contributed by atoms with Crippen molar-refractivity contribution in [2.24, 2.45) is 5.10 Å². The average molecular weight is 346 g/mol. The first kappa shape index (κ1) is 17.8. The molecule has 0 aliphatic rings. The van der Waals surface area contributed by atoms with Crippen LogP contribution in [0.4, 0.5) is 32.0 Å². The van der Waals surface area contributed by atoms with Gasteiger partial charge in [0, 0.05) is 0 Å². The summed E-state index contributed by atoms with van der Waals surface area (Å²) < 4.78 is 76.7. The van der Waals surface area contributed by atoms with E-state index in [0.717, 1.165) is 18.2 Å². The molecule has 0 aliphatic heterocycles. The van der Waals surface area contributed by atoms with Crippen molar-refractivity contribution in [1.82, 2.24) is 0 Å². The van der Waals surface area contributed by atoms with Crippen LogP contribution < -0.4 is 5.43 Å². The first-order chi connectivity index (χ1) is 11.1. The van der Waals surface area contributed by atoms with Crippen molar-refractivity contribution in [3.05, 3.63) is 65.2 Å². The fourth-order valence-electron chi connectivity index (χ4n) is 1.96. The molecule has 2 aromatic rings.